The summed E-state index contributed by atoms with van der Waals surface area (Å²) < 4.78 is 6.53. The van der Waals surface area contributed by atoms with Gasteiger partial charge in [0.1, 0.15) is 0 Å². The van der Waals surface area contributed by atoms with Crippen molar-refractivity contribution in [1.29, 1.82) is 0 Å². The Hall–Kier alpha value is -1.15. The maximum Gasteiger partial charge on any atom is 0.310 e. The van der Waals surface area contributed by atoms with Crippen LogP contribution in [0.4, 0.5) is 5.69 Å². The van der Waals surface area contributed by atoms with Gasteiger partial charge >= 0.3 is 5.97 Å². The number of hydrogen-bond donors (Lipinski definition) is 2. The second-order valence-corrected chi connectivity index (χ2v) is 6.31. The van der Waals surface area contributed by atoms with E-state index in [1.54, 1.807) is 0 Å². The lowest BCUT2D eigenvalue weighted by atomic mass is 9.78. The van der Waals surface area contributed by atoms with Gasteiger partial charge in [-0.15, -0.1) is 0 Å². The average molecular weight is 387 g/mol. The molecule has 2 heterocycles. The molecule has 4 atom stereocenters. The molecule has 0 saturated carbocycles. The molecule has 1 amide bonds. The zero-order valence-electron chi connectivity index (χ0n) is 10.6. The predicted octanol–water partition coefficient (Wildman–Crippen LogP) is 2.11. The van der Waals surface area contributed by atoms with Crippen molar-refractivity contribution in [3.8, 4) is 0 Å². The largest absolute Gasteiger partial charge is 0.481 e. The maximum absolute atomic E-state index is 12.4. The van der Waals surface area contributed by atoms with Gasteiger partial charge in [-0.05, 0) is 47.6 Å². The number of aliphatic carboxylic acids is 1. The molecule has 2 aliphatic rings. The summed E-state index contributed by atoms with van der Waals surface area (Å²) in [6, 6.07) is 7.42. The number of halogens is 1. The zero-order valence-corrected chi connectivity index (χ0v) is 12.7. The molecule has 2 aliphatic heterocycles. The Morgan fingerprint density at radius 2 is 1.85 bits per heavy atom. The molecule has 106 valence electrons. The van der Waals surface area contributed by atoms with E-state index >= 15 is 0 Å². The van der Waals surface area contributed by atoms with Crippen molar-refractivity contribution < 1.29 is 19.4 Å². The summed E-state index contributed by atoms with van der Waals surface area (Å²) >= 11 is 2.14. The number of rotatable bonds is 3. The lowest BCUT2D eigenvalue weighted by molar-refractivity contribution is -0.147. The first kappa shape index (κ1) is 13.8. The van der Waals surface area contributed by atoms with Crippen molar-refractivity contribution in [3.05, 3.63) is 27.8 Å². The van der Waals surface area contributed by atoms with Gasteiger partial charge in [0.05, 0.1) is 29.7 Å². The molecule has 2 N–H and O–H groups in total. The van der Waals surface area contributed by atoms with Crippen LogP contribution < -0.4 is 5.32 Å². The number of fused-ring (bicyclic) bond motifs is 2. The standard InChI is InChI=1S/C14H14INO4/c15-7-3-1-2-4-8(7)16-13(17)11-9-5-6-10(20-9)12(11)14(18)19/h1-4,9-12H,5-6H2,(H,16,17)(H,18,19)/t9-,10-,11-,12+/m1/s1. The van der Waals surface area contributed by atoms with Crippen molar-refractivity contribution in [1.82, 2.24) is 0 Å². The van der Waals surface area contributed by atoms with Gasteiger partial charge < -0.3 is 15.2 Å². The Morgan fingerprint density at radius 1 is 1.20 bits per heavy atom. The van der Waals surface area contributed by atoms with Crippen molar-refractivity contribution >= 4 is 40.2 Å². The summed E-state index contributed by atoms with van der Waals surface area (Å²) in [6.45, 7) is 0. The molecule has 3 rings (SSSR count). The molecule has 20 heavy (non-hydrogen) atoms. The third kappa shape index (κ3) is 2.31. The molecule has 0 unspecified atom stereocenters. The number of carbonyl (C=O) groups excluding carboxylic acids is 1. The van der Waals surface area contributed by atoms with E-state index in [1.807, 2.05) is 24.3 Å². The minimum Gasteiger partial charge on any atom is -0.481 e. The van der Waals surface area contributed by atoms with Gasteiger partial charge in [0.15, 0.2) is 0 Å². The lowest BCUT2D eigenvalue weighted by Gasteiger charge is -2.24. The number of ether oxygens (including phenoxy) is 1. The van der Waals surface area contributed by atoms with Gasteiger partial charge in [-0.25, -0.2) is 0 Å². The van der Waals surface area contributed by atoms with Crippen molar-refractivity contribution in [2.75, 3.05) is 5.32 Å². The highest BCUT2D eigenvalue weighted by molar-refractivity contribution is 14.1. The molecule has 6 heteroatoms. The van der Waals surface area contributed by atoms with Crippen molar-refractivity contribution in [2.24, 2.45) is 11.8 Å². The van der Waals surface area contributed by atoms with E-state index in [0.717, 1.165) is 16.4 Å². The van der Waals surface area contributed by atoms with Crippen LogP contribution in [0.1, 0.15) is 12.8 Å². The number of benzene rings is 1. The molecule has 5 nitrogen and oxygen atoms in total. The summed E-state index contributed by atoms with van der Waals surface area (Å²) in [5.74, 6) is -2.52. The maximum atomic E-state index is 12.4. The van der Waals surface area contributed by atoms with E-state index in [4.69, 9.17) is 4.74 Å². The van der Waals surface area contributed by atoms with Gasteiger partial charge in [-0.3, -0.25) is 9.59 Å². The Labute approximate surface area is 129 Å². The Morgan fingerprint density at radius 3 is 2.50 bits per heavy atom. The monoisotopic (exact) mass is 387 g/mol. The third-order valence-corrected chi connectivity index (χ3v) is 4.93. The zero-order chi connectivity index (χ0) is 14.3. The molecule has 2 bridgehead atoms. The second-order valence-electron chi connectivity index (χ2n) is 5.15. The molecule has 1 aromatic rings. The van der Waals surface area contributed by atoms with Crippen LogP contribution in [0, 0.1) is 15.4 Å². The minimum absolute atomic E-state index is 0.256. The lowest BCUT2D eigenvalue weighted by Crippen LogP contribution is -2.41. The molecule has 0 spiro atoms. The highest BCUT2D eigenvalue weighted by Gasteiger charge is 2.55. The molecule has 2 saturated heterocycles. The molecular formula is C14H14INO4. The van der Waals surface area contributed by atoms with E-state index in [0.29, 0.717) is 5.69 Å². The van der Waals surface area contributed by atoms with Gasteiger partial charge in [0.2, 0.25) is 5.91 Å². The molecule has 1 aromatic carbocycles. The van der Waals surface area contributed by atoms with Crippen LogP contribution in [0.15, 0.2) is 24.3 Å². The van der Waals surface area contributed by atoms with E-state index in [9.17, 15) is 14.7 Å². The van der Waals surface area contributed by atoms with Crippen LogP contribution in [0.3, 0.4) is 0 Å². The molecule has 0 radical (unpaired) electrons. The van der Waals surface area contributed by atoms with E-state index in [2.05, 4.69) is 27.9 Å². The fourth-order valence-corrected chi connectivity index (χ4v) is 3.63. The fourth-order valence-electron chi connectivity index (χ4n) is 3.10. The molecule has 0 aromatic heterocycles. The molecule has 2 fully saturated rings. The summed E-state index contributed by atoms with van der Waals surface area (Å²) in [6.07, 6.45) is 0.915. The van der Waals surface area contributed by atoms with Gasteiger partial charge in [0, 0.05) is 3.57 Å². The van der Waals surface area contributed by atoms with Crippen LogP contribution in [0.5, 0.6) is 0 Å². The Balaban J connectivity index is 1.80. The number of carbonyl (C=O) groups is 2. The quantitative estimate of drug-likeness (QED) is 0.780. The SMILES string of the molecule is O=C(O)[C@@H]1[C@H](C(=O)Nc2ccccc2I)[C@H]2CC[C@H]1O2. The highest BCUT2D eigenvalue weighted by Crippen LogP contribution is 2.44. The Kier molecular flexibility index (Phi) is 3.68. The number of anilines is 1. The van der Waals surface area contributed by atoms with E-state index < -0.39 is 17.8 Å². The van der Waals surface area contributed by atoms with Crippen molar-refractivity contribution in [2.45, 2.75) is 25.0 Å². The summed E-state index contributed by atoms with van der Waals surface area (Å²) in [4.78, 5) is 23.8. The second kappa shape index (κ2) is 5.33. The average Bonchev–Trinajstić information content (AvgIpc) is 3.01. The van der Waals surface area contributed by atoms with Crippen LogP contribution >= 0.6 is 22.6 Å². The number of carboxylic acid groups (broad SMARTS) is 1. The normalized spacial score (nSPS) is 31.2. The first-order chi connectivity index (χ1) is 9.58. The van der Waals surface area contributed by atoms with Gasteiger partial charge in [-0.1, -0.05) is 12.1 Å². The van der Waals surface area contributed by atoms with Crippen molar-refractivity contribution in [3.63, 3.8) is 0 Å². The van der Waals surface area contributed by atoms with E-state index in [1.165, 1.54) is 0 Å². The summed E-state index contributed by atoms with van der Waals surface area (Å²) in [5, 5.41) is 12.1. The summed E-state index contributed by atoms with van der Waals surface area (Å²) in [5.41, 5.74) is 0.713. The minimum atomic E-state index is -0.944. The van der Waals surface area contributed by atoms with Gasteiger partial charge in [0.25, 0.3) is 0 Å². The number of amides is 1. The number of carboxylic acids is 1. The highest BCUT2D eigenvalue weighted by atomic mass is 127. The Bertz CT molecular complexity index is 562. The first-order valence-corrected chi connectivity index (χ1v) is 7.59. The van der Waals surface area contributed by atoms with Gasteiger partial charge in [-0.2, -0.15) is 0 Å². The van der Waals surface area contributed by atoms with Crippen LogP contribution in [-0.2, 0) is 14.3 Å². The van der Waals surface area contributed by atoms with Crippen LogP contribution in [-0.4, -0.2) is 29.2 Å². The van der Waals surface area contributed by atoms with E-state index in [-0.39, 0.29) is 18.1 Å². The fraction of sp³-hybridized carbons (Fsp3) is 0.429. The number of para-hydroxylation sites is 1. The molecule has 0 aliphatic carbocycles. The number of hydrogen-bond acceptors (Lipinski definition) is 3. The topological polar surface area (TPSA) is 75.6 Å². The summed E-state index contributed by atoms with van der Waals surface area (Å²) in [7, 11) is 0. The smallest absolute Gasteiger partial charge is 0.310 e. The van der Waals surface area contributed by atoms with Crippen LogP contribution in [0.2, 0.25) is 0 Å². The first-order valence-electron chi connectivity index (χ1n) is 6.51. The number of nitrogens with one attached hydrogen (secondary N) is 1. The predicted molar refractivity (Wildman–Crippen MR) is 80.3 cm³/mol. The van der Waals surface area contributed by atoms with Crippen LogP contribution in [0.25, 0.3) is 0 Å². The third-order valence-electron chi connectivity index (χ3n) is 3.99. The molecular weight excluding hydrogens is 373 g/mol.